The van der Waals surface area contributed by atoms with Crippen molar-refractivity contribution in [2.45, 2.75) is 143 Å². The minimum atomic E-state index is -0.646. The summed E-state index contributed by atoms with van der Waals surface area (Å²) < 4.78 is 60.4. The van der Waals surface area contributed by atoms with Crippen LogP contribution in [-0.2, 0) is 33.6 Å². The van der Waals surface area contributed by atoms with Gasteiger partial charge in [0.15, 0.2) is 47.1 Å². The van der Waals surface area contributed by atoms with Crippen molar-refractivity contribution in [1.29, 1.82) is 0 Å². The van der Waals surface area contributed by atoms with Gasteiger partial charge in [0.2, 0.25) is 45.6 Å². The van der Waals surface area contributed by atoms with Crippen LogP contribution in [0.15, 0.2) is 261 Å². The molecule has 584 valence electrons. The Morgan fingerprint density at radius 2 is 0.602 bits per heavy atom. The molecule has 2 aliphatic carbocycles. The van der Waals surface area contributed by atoms with Crippen LogP contribution in [0.25, 0.3) is 176 Å². The van der Waals surface area contributed by atoms with Crippen LogP contribution in [0.2, 0.25) is 0 Å². The van der Waals surface area contributed by atoms with E-state index in [1.165, 1.54) is 77.3 Å². The van der Waals surface area contributed by atoms with Crippen LogP contribution in [0.3, 0.4) is 0 Å². The summed E-state index contributed by atoms with van der Waals surface area (Å²) in [7, 11) is 8.32. The van der Waals surface area contributed by atoms with E-state index in [1.807, 2.05) is 57.4 Å². The van der Waals surface area contributed by atoms with Gasteiger partial charge in [-0.25, -0.2) is 38.2 Å². The smallest absolute Gasteiger partial charge is 0.227 e. The maximum Gasteiger partial charge on any atom is 0.227 e. The van der Waals surface area contributed by atoms with E-state index < -0.39 is 17.7 Å². The average Bonchev–Trinajstić information content (AvgIpc) is 1.62. The van der Waals surface area contributed by atoms with Crippen molar-refractivity contribution >= 4 is 131 Å². The van der Waals surface area contributed by atoms with Crippen LogP contribution in [0.1, 0.15) is 159 Å². The minimum absolute atomic E-state index is 0.104. The molecule has 0 bridgehead atoms. The van der Waals surface area contributed by atoms with Gasteiger partial charge in [-0.2, -0.15) is 0 Å². The second-order valence-electron chi connectivity index (χ2n) is 33.7. The van der Waals surface area contributed by atoms with Crippen molar-refractivity contribution < 1.29 is 40.0 Å². The quantitative estimate of drug-likeness (QED) is 0.145. The van der Waals surface area contributed by atoms with Crippen molar-refractivity contribution in [2.24, 2.45) is 28.2 Å². The molecule has 0 spiro atoms. The Labute approximate surface area is 691 Å². The van der Waals surface area contributed by atoms with Crippen LogP contribution < -0.4 is 18.3 Å². The number of nitrogens with zero attached hydrogens (tertiary/aromatic N) is 8. The molecule has 0 radical (unpaired) electrons. The normalized spacial score (nSPS) is 14.7. The number of pyridine rings is 8. The molecule has 8 aromatic carbocycles. The van der Waals surface area contributed by atoms with Crippen LogP contribution in [0, 0.1) is 27.7 Å². The Morgan fingerprint density at radius 3 is 0.890 bits per heavy atom. The van der Waals surface area contributed by atoms with Gasteiger partial charge >= 0.3 is 0 Å². The monoisotopic (exact) mass is 1550 g/mol. The molecular formula is C106H100N8O4+4. The fraction of sp³-hybridized carbons (Fsp3) is 0.245. The van der Waals surface area contributed by atoms with E-state index in [-0.39, 0.29) is 5.41 Å². The Morgan fingerprint density at radius 1 is 0.331 bits per heavy atom. The van der Waals surface area contributed by atoms with Gasteiger partial charge in [-0.15, -0.1) is 0 Å². The van der Waals surface area contributed by atoms with Crippen molar-refractivity contribution in [1.82, 2.24) is 19.9 Å². The van der Waals surface area contributed by atoms with Gasteiger partial charge < -0.3 is 17.7 Å². The van der Waals surface area contributed by atoms with Gasteiger partial charge in [0, 0.05) is 119 Å². The van der Waals surface area contributed by atoms with Gasteiger partial charge in [0.1, 0.15) is 28.2 Å². The summed E-state index contributed by atoms with van der Waals surface area (Å²) in [6, 6.07) is 67.6. The predicted octanol–water partition coefficient (Wildman–Crippen LogP) is 25.9. The second kappa shape index (κ2) is 30.4. The van der Waals surface area contributed by atoms with Crippen molar-refractivity contribution in [3.05, 3.63) is 288 Å². The van der Waals surface area contributed by atoms with Crippen LogP contribution >= 0.6 is 0 Å². The first-order chi connectivity index (χ1) is 58.4. The molecule has 0 N–H and O–H groups in total. The highest BCUT2D eigenvalue weighted by Crippen LogP contribution is 2.48. The summed E-state index contributed by atoms with van der Waals surface area (Å²) >= 11 is 0. The fourth-order valence-electron chi connectivity index (χ4n) is 19.1. The lowest BCUT2D eigenvalue weighted by Crippen LogP contribution is -2.33. The second-order valence-corrected chi connectivity index (χ2v) is 33.7. The topological polar surface area (TPSA) is 120 Å². The molecule has 2 aliphatic rings. The average molecular weight is 1550 g/mol. The molecule has 12 heteroatoms. The zero-order chi connectivity index (χ0) is 83.7. The van der Waals surface area contributed by atoms with Crippen LogP contribution in [0.5, 0.6) is 0 Å². The number of benzene rings is 8. The Kier molecular flexibility index (Phi) is 18.5. The first-order valence-corrected chi connectivity index (χ1v) is 41.6. The molecule has 20 aromatic rings. The molecule has 0 saturated heterocycles. The number of aryl methyl sites for hydroxylation is 8. The summed E-state index contributed by atoms with van der Waals surface area (Å²) in [5, 5.41) is 18.4. The molecule has 0 atom stereocenters. The van der Waals surface area contributed by atoms with E-state index in [0.717, 1.165) is 179 Å². The first kappa shape index (κ1) is 71.7. The molecule has 22 rings (SSSR count). The molecule has 118 heavy (non-hydrogen) atoms. The van der Waals surface area contributed by atoms with E-state index in [2.05, 4.69) is 290 Å². The minimum Gasteiger partial charge on any atom is -0.437 e. The fourth-order valence-corrected chi connectivity index (χ4v) is 19.1. The highest BCUT2D eigenvalue weighted by molar-refractivity contribution is 6.26. The third-order valence-electron chi connectivity index (χ3n) is 25.2. The third-order valence-corrected chi connectivity index (χ3v) is 25.2. The number of aromatic nitrogens is 8. The molecule has 0 amide bonds. The first-order valence-electron chi connectivity index (χ1n) is 43.1. The number of hydrogen-bond donors (Lipinski definition) is 0. The molecule has 12 aromatic heterocycles. The summed E-state index contributed by atoms with van der Waals surface area (Å²) in [4.78, 5) is 17.9. The molecule has 2 fully saturated rings. The van der Waals surface area contributed by atoms with Crippen LogP contribution in [0.4, 0.5) is 0 Å². The van der Waals surface area contributed by atoms with Gasteiger partial charge in [-0.05, 0) is 215 Å². The Balaban J connectivity index is 0.000000107. The summed E-state index contributed by atoms with van der Waals surface area (Å²) in [6.45, 7) is 19.2. The molecular weight excluding hydrogens is 1450 g/mol. The lowest BCUT2D eigenvalue weighted by atomic mass is 9.84. The van der Waals surface area contributed by atoms with E-state index in [0.29, 0.717) is 22.9 Å². The summed E-state index contributed by atoms with van der Waals surface area (Å²) in [6.07, 6.45) is 25.3. The molecule has 2 saturated carbocycles. The molecule has 12 nitrogen and oxygen atoms in total. The number of furan rings is 4. The SMILES string of the molecule is Cc1c(-c2ccc(C(C)(C)C)c[n+]2C)c2oc3ncccc3c2c2ccccc12.[2H]C(C)(C)c1ccc(-c2c(C)c3ccccc3c3c2oc2ncccc23)[n+](C)c1.[2H]C1(c2ccc(-c3c(C)c4ccccc4c4c3oc3ncccc34)[n+](C)c2)CCCC1.[2H]C1(c2ccc(-c3c(C)c4ccccc4c4c3oc3ncccc34)[n+](C)c2)CCCCC1. The number of fused-ring (bicyclic) bond motifs is 20. The van der Waals surface area contributed by atoms with Crippen LogP contribution in [-0.4, -0.2) is 19.9 Å². The lowest BCUT2D eigenvalue weighted by Gasteiger charge is -2.21. The summed E-state index contributed by atoms with van der Waals surface area (Å²) in [5.41, 5.74) is 24.5. The molecule has 12 heterocycles. The van der Waals surface area contributed by atoms with Crippen molar-refractivity contribution in [3.63, 3.8) is 0 Å². The predicted molar refractivity (Wildman–Crippen MR) is 481 cm³/mol. The highest BCUT2D eigenvalue weighted by atomic mass is 16.4. The third kappa shape index (κ3) is 13.0. The van der Waals surface area contributed by atoms with Crippen molar-refractivity contribution in [2.75, 3.05) is 0 Å². The standard InChI is InChI=1S/C28H27N2O.C27H25N2O.C26H25N2O.C25H23N2O/c1-18-21-11-6-7-12-22(21)26-23-13-8-16-29-28(23)31-27(26)25(18)24-15-14-20(17-30(24)2)19-9-4-3-5-10-19;1-17-20-10-5-6-11-21(20)25-22-12-7-15-28-27(22)30-26(25)24(17)23-14-13-19(16-29(23)2)18-8-3-4-9-18;1-16-18-9-6-7-10-19(18)23-20-11-8-14-27-25(20)29-24(23)22(16)21-13-12-17(15-28(21)5)26(2,3)4;1-15(2)17-11-12-21(27(4)14-17)22-16(3)18-8-5-6-9-19(18)23-20-10-7-13-26-25(20)28-24(22)23/h6-8,11-17,19H,3-5,9-10H2,1-2H3;5-7,10-16,18H,3-4,8-9H2,1-2H3;6-15H,1-5H3;5-15H,1-4H3/q4*+1/i19D;18D;;15D. The van der Waals surface area contributed by atoms with E-state index in [4.69, 9.17) is 21.8 Å². The zero-order valence-electron chi connectivity index (χ0n) is 72.7. The van der Waals surface area contributed by atoms with Gasteiger partial charge in [0.25, 0.3) is 0 Å². The number of rotatable bonds is 7. The zero-order valence-corrected chi connectivity index (χ0v) is 69.7. The highest BCUT2D eigenvalue weighted by Gasteiger charge is 2.32. The maximum absolute atomic E-state index is 9.05. The largest absolute Gasteiger partial charge is 0.437 e. The Hall–Kier alpha value is -12.8. The van der Waals surface area contributed by atoms with E-state index >= 15 is 0 Å². The van der Waals surface area contributed by atoms with Gasteiger partial charge in [0.05, 0.1) is 22.3 Å². The summed E-state index contributed by atoms with van der Waals surface area (Å²) in [5.74, 6) is -1.56. The Bertz CT molecular complexity index is 7360. The van der Waals surface area contributed by atoms with Crippen molar-refractivity contribution in [3.8, 4) is 45.0 Å². The van der Waals surface area contributed by atoms with E-state index in [1.54, 1.807) is 24.8 Å². The molecule has 0 aliphatic heterocycles. The van der Waals surface area contributed by atoms with Gasteiger partial charge in [-0.1, -0.05) is 164 Å². The lowest BCUT2D eigenvalue weighted by molar-refractivity contribution is -0.661. The number of hydrogen-bond acceptors (Lipinski definition) is 8. The maximum atomic E-state index is 9.05. The van der Waals surface area contributed by atoms with Gasteiger partial charge in [-0.3, -0.25) is 0 Å². The molecule has 0 unspecified atom stereocenters. The van der Waals surface area contributed by atoms with E-state index in [9.17, 15) is 0 Å².